The molecule has 1 heterocycles. The molecule has 1 atom stereocenters. The Bertz CT molecular complexity index is 493. The fraction of sp³-hybridized carbons (Fsp3) is 0.333. The zero-order valence-electron chi connectivity index (χ0n) is 11.1. The molecule has 18 heavy (non-hydrogen) atoms. The first-order valence-corrected chi connectivity index (χ1v) is 6.99. The van der Waals surface area contributed by atoms with E-state index in [1.54, 1.807) is 18.4 Å². The highest BCUT2D eigenvalue weighted by atomic mass is 32.1. The van der Waals surface area contributed by atoms with E-state index in [1.165, 1.54) is 16.0 Å². The molecule has 1 aromatic carbocycles. The number of methoxy groups -OCH3 is 1. The lowest BCUT2D eigenvalue weighted by Crippen LogP contribution is -2.17. The maximum atomic E-state index is 5.27. The molecule has 0 aliphatic heterocycles. The van der Waals surface area contributed by atoms with Gasteiger partial charge in [0.05, 0.1) is 7.11 Å². The lowest BCUT2D eigenvalue weighted by atomic mass is 10.1. The van der Waals surface area contributed by atoms with Crippen LogP contribution in [0.25, 0.3) is 0 Å². The largest absolute Gasteiger partial charge is 0.496 e. The van der Waals surface area contributed by atoms with Gasteiger partial charge in [-0.1, -0.05) is 18.2 Å². The second kappa shape index (κ2) is 6.03. The van der Waals surface area contributed by atoms with Crippen LogP contribution in [0.5, 0.6) is 5.75 Å². The van der Waals surface area contributed by atoms with E-state index in [2.05, 4.69) is 48.8 Å². The van der Waals surface area contributed by atoms with Crippen LogP contribution in [-0.2, 0) is 6.54 Å². The van der Waals surface area contributed by atoms with Crippen molar-refractivity contribution in [3.63, 3.8) is 0 Å². The normalized spacial score (nSPS) is 12.4. The maximum Gasteiger partial charge on any atom is 0.121 e. The van der Waals surface area contributed by atoms with E-state index in [0.717, 1.165) is 12.3 Å². The van der Waals surface area contributed by atoms with E-state index in [-0.39, 0.29) is 0 Å². The third-order valence-electron chi connectivity index (χ3n) is 3.04. The monoisotopic (exact) mass is 261 g/mol. The van der Waals surface area contributed by atoms with Gasteiger partial charge in [0.2, 0.25) is 0 Å². The zero-order valence-corrected chi connectivity index (χ0v) is 11.9. The van der Waals surface area contributed by atoms with E-state index < -0.39 is 0 Å². The van der Waals surface area contributed by atoms with Crippen LogP contribution in [0.3, 0.4) is 0 Å². The topological polar surface area (TPSA) is 21.3 Å². The molecule has 0 amide bonds. The summed E-state index contributed by atoms with van der Waals surface area (Å²) in [7, 11) is 1.71. The van der Waals surface area contributed by atoms with Gasteiger partial charge in [-0.15, -0.1) is 11.3 Å². The second-order valence-electron chi connectivity index (χ2n) is 4.42. The Balaban J connectivity index is 1.96. The van der Waals surface area contributed by atoms with Gasteiger partial charge in [0.1, 0.15) is 5.75 Å². The van der Waals surface area contributed by atoms with Gasteiger partial charge in [0.25, 0.3) is 0 Å². The Morgan fingerprint density at radius 1 is 1.33 bits per heavy atom. The summed E-state index contributed by atoms with van der Waals surface area (Å²) in [5.41, 5.74) is 2.47. The van der Waals surface area contributed by atoms with E-state index in [9.17, 15) is 0 Å². The molecule has 0 spiro atoms. The number of nitrogens with one attached hydrogen (secondary N) is 1. The highest BCUT2D eigenvalue weighted by molar-refractivity contribution is 7.10. The SMILES string of the molecule is COc1ccc(CN[C@H](C)c2cccs2)cc1C. The highest BCUT2D eigenvalue weighted by Gasteiger charge is 2.06. The van der Waals surface area contributed by atoms with Crippen LogP contribution < -0.4 is 10.1 Å². The number of ether oxygens (including phenoxy) is 1. The van der Waals surface area contributed by atoms with E-state index in [0.29, 0.717) is 6.04 Å². The Morgan fingerprint density at radius 2 is 2.17 bits per heavy atom. The smallest absolute Gasteiger partial charge is 0.121 e. The average molecular weight is 261 g/mol. The fourth-order valence-electron chi connectivity index (χ4n) is 1.96. The van der Waals surface area contributed by atoms with Gasteiger partial charge in [-0.05, 0) is 42.5 Å². The van der Waals surface area contributed by atoms with Crippen molar-refractivity contribution < 1.29 is 4.74 Å². The molecule has 3 heteroatoms. The molecule has 0 bridgehead atoms. The Morgan fingerprint density at radius 3 is 2.78 bits per heavy atom. The third-order valence-corrected chi connectivity index (χ3v) is 4.10. The molecule has 2 nitrogen and oxygen atoms in total. The molecule has 1 aromatic heterocycles. The first-order valence-electron chi connectivity index (χ1n) is 6.11. The quantitative estimate of drug-likeness (QED) is 0.881. The van der Waals surface area contributed by atoms with Crippen LogP contribution in [0, 0.1) is 6.92 Å². The van der Waals surface area contributed by atoms with Crippen molar-refractivity contribution in [3.05, 3.63) is 51.7 Å². The van der Waals surface area contributed by atoms with Crippen LogP contribution in [0.15, 0.2) is 35.7 Å². The van der Waals surface area contributed by atoms with Crippen molar-refractivity contribution >= 4 is 11.3 Å². The lowest BCUT2D eigenvalue weighted by Gasteiger charge is -2.13. The van der Waals surface area contributed by atoms with Gasteiger partial charge in [-0.2, -0.15) is 0 Å². The summed E-state index contributed by atoms with van der Waals surface area (Å²) in [6.45, 7) is 5.15. The van der Waals surface area contributed by atoms with E-state index >= 15 is 0 Å². The summed E-state index contributed by atoms with van der Waals surface area (Å²) < 4.78 is 5.27. The third kappa shape index (κ3) is 3.12. The van der Waals surface area contributed by atoms with Crippen molar-refractivity contribution in [2.45, 2.75) is 26.4 Å². The number of thiophene rings is 1. The van der Waals surface area contributed by atoms with Gasteiger partial charge in [0.15, 0.2) is 0 Å². The van der Waals surface area contributed by atoms with Gasteiger partial charge < -0.3 is 10.1 Å². The van der Waals surface area contributed by atoms with Crippen LogP contribution >= 0.6 is 11.3 Å². The van der Waals surface area contributed by atoms with E-state index in [4.69, 9.17) is 4.74 Å². The van der Waals surface area contributed by atoms with Gasteiger partial charge in [-0.3, -0.25) is 0 Å². The summed E-state index contributed by atoms with van der Waals surface area (Å²) in [4.78, 5) is 1.38. The minimum Gasteiger partial charge on any atom is -0.496 e. The molecular formula is C15H19NOS. The predicted octanol–water partition coefficient (Wildman–Crippen LogP) is 3.92. The van der Waals surface area contributed by atoms with Crippen molar-refractivity contribution in [3.8, 4) is 5.75 Å². The lowest BCUT2D eigenvalue weighted by molar-refractivity contribution is 0.411. The minimum atomic E-state index is 0.396. The molecule has 0 saturated heterocycles. The molecule has 0 aliphatic rings. The van der Waals surface area contributed by atoms with E-state index in [1.807, 2.05) is 6.07 Å². The van der Waals surface area contributed by atoms with Gasteiger partial charge >= 0.3 is 0 Å². The van der Waals surface area contributed by atoms with Crippen molar-refractivity contribution in [2.24, 2.45) is 0 Å². The summed E-state index contributed by atoms with van der Waals surface area (Å²) in [6.07, 6.45) is 0. The highest BCUT2D eigenvalue weighted by Crippen LogP contribution is 2.21. The molecule has 0 aliphatic carbocycles. The Hall–Kier alpha value is -1.32. The van der Waals surface area contributed by atoms with Crippen LogP contribution in [0.2, 0.25) is 0 Å². The number of hydrogen-bond acceptors (Lipinski definition) is 3. The molecule has 1 N–H and O–H groups in total. The predicted molar refractivity (Wildman–Crippen MR) is 77.3 cm³/mol. The molecule has 0 radical (unpaired) electrons. The molecule has 0 unspecified atom stereocenters. The van der Waals surface area contributed by atoms with Crippen LogP contribution in [-0.4, -0.2) is 7.11 Å². The second-order valence-corrected chi connectivity index (χ2v) is 5.40. The summed E-state index contributed by atoms with van der Waals surface area (Å²) >= 11 is 1.79. The molecule has 96 valence electrons. The molecule has 2 rings (SSSR count). The molecular weight excluding hydrogens is 242 g/mol. The van der Waals surface area contributed by atoms with Crippen molar-refractivity contribution in [2.75, 3.05) is 7.11 Å². The van der Waals surface area contributed by atoms with Crippen molar-refractivity contribution in [1.29, 1.82) is 0 Å². The van der Waals surface area contributed by atoms with Gasteiger partial charge in [0, 0.05) is 17.5 Å². The molecule has 0 saturated carbocycles. The Kier molecular flexibility index (Phi) is 4.39. The number of benzene rings is 1. The average Bonchev–Trinajstić information content (AvgIpc) is 2.90. The number of aryl methyl sites for hydroxylation is 1. The minimum absolute atomic E-state index is 0.396. The maximum absolute atomic E-state index is 5.27. The van der Waals surface area contributed by atoms with Gasteiger partial charge in [-0.25, -0.2) is 0 Å². The van der Waals surface area contributed by atoms with Crippen LogP contribution in [0.4, 0.5) is 0 Å². The molecule has 0 fully saturated rings. The zero-order chi connectivity index (χ0) is 13.0. The molecule has 2 aromatic rings. The van der Waals surface area contributed by atoms with Crippen molar-refractivity contribution in [1.82, 2.24) is 5.32 Å². The summed E-state index contributed by atoms with van der Waals surface area (Å²) in [5.74, 6) is 0.949. The van der Waals surface area contributed by atoms with Crippen LogP contribution in [0.1, 0.15) is 29.0 Å². The first-order chi connectivity index (χ1) is 8.70. The standard InChI is InChI=1S/C15H19NOS/c1-11-9-13(6-7-14(11)17-3)10-16-12(2)15-5-4-8-18-15/h4-9,12,16H,10H2,1-3H3/t12-/m1/s1. The summed E-state index contributed by atoms with van der Waals surface area (Å²) in [5, 5.41) is 5.65. The fourth-order valence-corrected chi connectivity index (χ4v) is 2.72. The summed E-state index contributed by atoms with van der Waals surface area (Å²) in [6, 6.07) is 11.0. The number of hydrogen-bond donors (Lipinski definition) is 1. The Labute approximate surface area is 113 Å². The number of rotatable bonds is 5. The first kappa shape index (κ1) is 13.1.